The highest BCUT2D eigenvalue weighted by Gasteiger charge is 2.14. The summed E-state index contributed by atoms with van der Waals surface area (Å²) >= 11 is 0. The molecule has 11 nitrogen and oxygen atoms in total. The molecule has 0 bridgehead atoms. The summed E-state index contributed by atoms with van der Waals surface area (Å²) in [6.45, 7) is 0.391. The molecule has 186 valence electrons. The summed E-state index contributed by atoms with van der Waals surface area (Å²) in [6.07, 6.45) is 2.18. The summed E-state index contributed by atoms with van der Waals surface area (Å²) in [5, 5.41) is 5.61. The van der Waals surface area contributed by atoms with Crippen LogP contribution in [0.25, 0.3) is 11.2 Å². The number of ether oxygens (including phenoxy) is 1. The molecule has 0 aliphatic rings. The number of hydrogen-bond acceptors (Lipinski definition) is 6. The average Bonchev–Trinajstić information content (AvgIpc) is 3.31. The van der Waals surface area contributed by atoms with Crippen molar-refractivity contribution in [1.82, 2.24) is 18.7 Å². The number of aromatic nitrogens is 4. The van der Waals surface area contributed by atoms with E-state index in [1.54, 1.807) is 67.3 Å². The van der Waals surface area contributed by atoms with Crippen molar-refractivity contribution in [3.63, 3.8) is 0 Å². The normalized spacial score (nSPS) is 10.9. The number of hydrogen-bond donors (Lipinski definition) is 2. The quantitative estimate of drug-likeness (QED) is 0.389. The molecule has 2 aromatic heterocycles. The molecule has 0 saturated heterocycles. The van der Waals surface area contributed by atoms with Gasteiger partial charge in [0.05, 0.1) is 13.4 Å². The zero-order valence-corrected chi connectivity index (χ0v) is 20.1. The molecule has 2 N–H and O–H groups in total. The highest BCUT2D eigenvalue weighted by atomic mass is 16.5. The lowest BCUT2D eigenvalue weighted by Gasteiger charge is -2.09. The predicted molar refractivity (Wildman–Crippen MR) is 135 cm³/mol. The first-order valence-electron chi connectivity index (χ1n) is 11.2. The number of aryl methyl sites for hydroxylation is 2. The zero-order valence-electron chi connectivity index (χ0n) is 20.1. The minimum absolute atomic E-state index is 0.199. The fraction of sp³-hybridized carbons (Fsp3) is 0.240. The Hall–Kier alpha value is -4.67. The van der Waals surface area contributed by atoms with Crippen LogP contribution in [0.3, 0.4) is 0 Å². The van der Waals surface area contributed by atoms with Gasteiger partial charge in [-0.1, -0.05) is 0 Å². The van der Waals surface area contributed by atoms with Gasteiger partial charge in [0.15, 0.2) is 11.2 Å². The second kappa shape index (κ2) is 10.3. The lowest BCUT2D eigenvalue weighted by atomic mass is 10.2. The van der Waals surface area contributed by atoms with Gasteiger partial charge in [0.25, 0.3) is 11.5 Å². The van der Waals surface area contributed by atoms with Crippen molar-refractivity contribution in [2.45, 2.75) is 19.4 Å². The van der Waals surface area contributed by atoms with E-state index in [4.69, 9.17) is 4.74 Å². The van der Waals surface area contributed by atoms with Crippen molar-refractivity contribution >= 4 is 34.4 Å². The summed E-state index contributed by atoms with van der Waals surface area (Å²) in [6, 6.07) is 13.6. The van der Waals surface area contributed by atoms with Gasteiger partial charge in [0, 0.05) is 44.0 Å². The Kier molecular flexibility index (Phi) is 7.00. The first-order valence-corrected chi connectivity index (χ1v) is 11.2. The summed E-state index contributed by atoms with van der Waals surface area (Å²) in [5.41, 5.74) is 1.42. The SMILES string of the molecule is COc1ccc(NC(=O)c2ccc(NC(=O)CCCn3cnc4c3c(=O)n(C)c(=O)n4C)cc2)cc1. The van der Waals surface area contributed by atoms with Crippen LogP contribution in [0.1, 0.15) is 23.2 Å². The van der Waals surface area contributed by atoms with E-state index < -0.39 is 11.2 Å². The molecular weight excluding hydrogens is 464 g/mol. The van der Waals surface area contributed by atoms with E-state index >= 15 is 0 Å². The number of carbonyl (C=O) groups is 2. The van der Waals surface area contributed by atoms with E-state index in [0.29, 0.717) is 46.8 Å². The average molecular weight is 491 g/mol. The van der Waals surface area contributed by atoms with Gasteiger partial charge in [-0.2, -0.15) is 0 Å². The maximum Gasteiger partial charge on any atom is 0.332 e. The summed E-state index contributed by atoms with van der Waals surface area (Å²) < 4.78 is 9.11. The van der Waals surface area contributed by atoms with Gasteiger partial charge >= 0.3 is 5.69 Å². The number of rotatable bonds is 8. The van der Waals surface area contributed by atoms with Gasteiger partial charge in [-0.3, -0.25) is 23.5 Å². The Morgan fingerprint density at radius 1 is 0.917 bits per heavy atom. The number of fused-ring (bicyclic) bond motifs is 1. The Bertz CT molecular complexity index is 1530. The lowest BCUT2D eigenvalue weighted by molar-refractivity contribution is -0.116. The molecule has 4 aromatic rings. The Morgan fingerprint density at radius 2 is 1.56 bits per heavy atom. The van der Waals surface area contributed by atoms with Crippen LogP contribution < -0.4 is 26.6 Å². The smallest absolute Gasteiger partial charge is 0.332 e. The van der Waals surface area contributed by atoms with E-state index in [2.05, 4.69) is 15.6 Å². The number of methoxy groups -OCH3 is 1. The summed E-state index contributed by atoms with van der Waals surface area (Å²) in [4.78, 5) is 53.6. The van der Waals surface area contributed by atoms with Gasteiger partial charge in [-0.05, 0) is 55.0 Å². The van der Waals surface area contributed by atoms with E-state index in [0.717, 1.165) is 4.57 Å². The van der Waals surface area contributed by atoms with Gasteiger partial charge in [0.1, 0.15) is 5.75 Å². The number of benzene rings is 2. The second-order valence-electron chi connectivity index (χ2n) is 8.23. The van der Waals surface area contributed by atoms with Crippen LogP contribution in [0.2, 0.25) is 0 Å². The van der Waals surface area contributed by atoms with Gasteiger partial charge in [-0.25, -0.2) is 9.78 Å². The molecule has 2 heterocycles. The molecule has 0 unspecified atom stereocenters. The van der Waals surface area contributed by atoms with E-state index in [-0.39, 0.29) is 18.2 Å². The number of nitrogens with zero attached hydrogens (tertiary/aromatic N) is 4. The van der Waals surface area contributed by atoms with E-state index in [9.17, 15) is 19.2 Å². The van der Waals surface area contributed by atoms with Crippen molar-refractivity contribution in [3.05, 3.63) is 81.3 Å². The number of anilines is 2. The molecule has 36 heavy (non-hydrogen) atoms. The van der Waals surface area contributed by atoms with Crippen molar-refractivity contribution in [2.24, 2.45) is 14.1 Å². The second-order valence-corrected chi connectivity index (χ2v) is 8.23. The molecule has 2 aromatic carbocycles. The number of amides is 2. The maximum absolute atomic E-state index is 12.5. The number of carbonyl (C=O) groups excluding carboxylic acids is 2. The standard InChI is InChI=1S/C25H26N6O5/c1-29-22-21(24(34)30(2)25(29)35)31(15-26-22)14-4-5-20(32)27-17-8-6-16(7-9-17)23(33)28-18-10-12-19(36-3)13-11-18/h6-13,15H,4-5,14H2,1-3H3,(H,27,32)(H,28,33). The highest BCUT2D eigenvalue weighted by molar-refractivity contribution is 6.04. The van der Waals surface area contributed by atoms with Crippen molar-refractivity contribution < 1.29 is 14.3 Å². The highest BCUT2D eigenvalue weighted by Crippen LogP contribution is 2.17. The molecule has 0 saturated carbocycles. The fourth-order valence-electron chi connectivity index (χ4n) is 3.78. The fourth-order valence-corrected chi connectivity index (χ4v) is 3.78. The van der Waals surface area contributed by atoms with E-state index in [1.807, 2.05) is 0 Å². The molecular formula is C25H26N6O5. The van der Waals surface area contributed by atoms with Gasteiger partial charge in [-0.15, -0.1) is 0 Å². The first-order chi connectivity index (χ1) is 17.3. The van der Waals surface area contributed by atoms with Crippen molar-refractivity contribution in [2.75, 3.05) is 17.7 Å². The Labute approximate surface area is 206 Å². The van der Waals surface area contributed by atoms with Crippen LogP contribution in [0.5, 0.6) is 5.75 Å². The van der Waals surface area contributed by atoms with Crippen LogP contribution in [-0.2, 0) is 25.4 Å². The summed E-state index contributed by atoms with van der Waals surface area (Å²) in [5.74, 6) is 0.229. The first kappa shape index (κ1) is 24.5. The van der Waals surface area contributed by atoms with Crippen LogP contribution in [0.15, 0.2) is 64.4 Å². The molecule has 0 spiro atoms. The van der Waals surface area contributed by atoms with Crippen molar-refractivity contribution in [1.29, 1.82) is 0 Å². The minimum atomic E-state index is -0.443. The third-order valence-electron chi connectivity index (χ3n) is 5.80. The third-order valence-corrected chi connectivity index (χ3v) is 5.80. The molecule has 0 radical (unpaired) electrons. The van der Waals surface area contributed by atoms with Crippen LogP contribution in [-0.4, -0.2) is 37.6 Å². The van der Waals surface area contributed by atoms with Gasteiger partial charge in [0.2, 0.25) is 5.91 Å². The van der Waals surface area contributed by atoms with Crippen LogP contribution in [0.4, 0.5) is 11.4 Å². The van der Waals surface area contributed by atoms with Gasteiger partial charge < -0.3 is 19.9 Å². The Morgan fingerprint density at radius 3 is 2.22 bits per heavy atom. The topological polar surface area (TPSA) is 129 Å². The van der Waals surface area contributed by atoms with Crippen LogP contribution in [0, 0.1) is 0 Å². The number of nitrogens with one attached hydrogen (secondary N) is 2. The third kappa shape index (κ3) is 5.04. The maximum atomic E-state index is 12.5. The van der Waals surface area contributed by atoms with E-state index in [1.165, 1.54) is 17.9 Å². The zero-order chi connectivity index (χ0) is 25.8. The molecule has 2 amide bonds. The molecule has 0 aliphatic carbocycles. The minimum Gasteiger partial charge on any atom is -0.497 e. The molecule has 11 heteroatoms. The van der Waals surface area contributed by atoms with Crippen molar-refractivity contribution in [3.8, 4) is 5.75 Å². The monoisotopic (exact) mass is 490 g/mol. The molecule has 0 aliphatic heterocycles. The molecule has 0 atom stereocenters. The van der Waals surface area contributed by atoms with Crippen LogP contribution >= 0.6 is 0 Å². The largest absolute Gasteiger partial charge is 0.497 e. The predicted octanol–water partition coefficient (Wildman–Crippen LogP) is 2.11. The molecule has 0 fully saturated rings. The summed E-state index contributed by atoms with van der Waals surface area (Å²) in [7, 11) is 4.55. The number of imidazole rings is 1. The Balaban J connectivity index is 1.31. The molecule has 4 rings (SSSR count). The lowest BCUT2D eigenvalue weighted by Crippen LogP contribution is -2.37.